The number of carbonyl (C=O) groups excluding carboxylic acids is 1. The van der Waals surface area contributed by atoms with Crippen LogP contribution in [-0.4, -0.2) is 20.1 Å². The van der Waals surface area contributed by atoms with Crippen molar-refractivity contribution in [1.29, 1.82) is 0 Å². The van der Waals surface area contributed by atoms with E-state index in [9.17, 15) is 9.18 Å². The summed E-state index contributed by atoms with van der Waals surface area (Å²) < 4.78 is 17.4. The second-order valence-corrected chi connectivity index (χ2v) is 2.83. The molecule has 0 fully saturated rings. The summed E-state index contributed by atoms with van der Waals surface area (Å²) >= 11 is 0. The summed E-state index contributed by atoms with van der Waals surface area (Å²) in [5.41, 5.74) is 0.771. The first-order chi connectivity index (χ1) is 6.77. The zero-order valence-electron chi connectivity index (χ0n) is 7.87. The third-order valence-electron chi connectivity index (χ3n) is 1.85. The van der Waals surface area contributed by atoms with Crippen LogP contribution in [0.15, 0.2) is 24.3 Å². The third kappa shape index (κ3) is 2.81. The van der Waals surface area contributed by atoms with Crippen LogP contribution in [0.1, 0.15) is 11.7 Å². The number of hydrogen-bond acceptors (Lipinski definition) is 3. The van der Waals surface area contributed by atoms with E-state index in [0.717, 1.165) is 5.56 Å². The van der Waals surface area contributed by atoms with Gasteiger partial charge < -0.3 is 10.1 Å². The van der Waals surface area contributed by atoms with Crippen molar-refractivity contribution >= 4 is 6.47 Å². The van der Waals surface area contributed by atoms with Gasteiger partial charge >= 0.3 is 0 Å². The molecule has 1 atom stereocenters. The van der Waals surface area contributed by atoms with Gasteiger partial charge in [0.1, 0.15) is 11.9 Å². The first kappa shape index (κ1) is 10.7. The van der Waals surface area contributed by atoms with Gasteiger partial charge in [-0.25, -0.2) is 4.39 Å². The molecule has 0 bridgehead atoms. The topological polar surface area (TPSA) is 38.3 Å². The van der Waals surface area contributed by atoms with Crippen LogP contribution in [-0.2, 0) is 9.53 Å². The van der Waals surface area contributed by atoms with Crippen LogP contribution in [0.4, 0.5) is 4.39 Å². The number of carbonyl (C=O) groups is 1. The molecule has 0 unspecified atom stereocenters. The van der Waals surface area contributed by atoms with E-state index in [-0.39, 0.29) is 11.9 Å². The molecule has 3 nitrogen and oxygen atoms in total. The highest BCUT2D eigenvalue weighted by Gasteiger charge is 2.10. The van der Waals surface area contributed by atoms with Crippen molar-refractivity contribution in [2.45, 2.75) is 6.10 Å². The Balaban J connectivity index is 2.76. The lowest BCUT2D eigenvalue weighted by molar-refractivity contribution is -0.133. The Labute approximate surface area is 81.9 Å². The van der Waals surface area contributed by atoms with Crippen LogP contribution in [0.5, 0.6) is 0 Å². The molecular formula is C10H12FNO2. The SMILES string of the molecule is CNC[C@@H](OC=O)c1ccc(F)cc1. The molecular weight excluding hydrogens is 185 g/mol. The summed E-state index contributed by atoms with van der Waals surface area (Å²) in [6.45, 7) is 0.899. The fourth-order valence-corrected chi connectivity index (χ4v) is 1.17. The Morgan fingerprint density at radius 2 is 2.14 bits per heavy atom. The summed E-state index contributed by atoms with van der Waals surface area (Å²) in [6.07, 6.45) is -0.363. The average molecular weight is 197 g/mol. The number of nitrogens with one attached hydrogen (secondary N) is 1. The van der Waals surface area contributed by atoms with E-state index < -0.39 is 0 Å². The molecule has 0 aromatic heterocycles. The number of halogens is 1. The van der Waals surface area contributed by atoms with Crippen molar-refractivity contribution in [3.8, 4) is 0 Å². The van der Waals surface area contributed by atoms with Gasteiger partial charge in [-0.3, -0.25) is 4.79 Å². The number of benzene rings is 1. The van der Waals surface area contributed by atoms with Gasteiger partial charge in [0.05, 0.1) is 0 Å². The van der Waals surface area contributed by atoms with E-state index >= 15 is 0 Å². The molecule has 14 heavy (non-hydrogen) atoms. The molecule has 0 radical (unpaired) electrons. The van der Waals surface area contributed by atoms with Crippen molar-refractivity contribution in [3.05, 3.63) is 35.6 Å². The van der Waals surface area contributed by atoms with Crippen molar-refractivity contribution in [1.82, 2.24) is 5.32 Å². The standard InChI is InChI=1S/C10H12FNO2/c1-12-6-10(14-7-13)8-2-4-9(11)5-3-8/h2-5,7,10,12H,6H2,1H3/t10-/m1/s1. The number of likely N-dealkylation sites (N-methyl/N-ethyl adjacent to an activating group) is 1. The van der Waals surface area contributed by atoms with Crippen LogP contribution in [0.3, 0.4) is 0 Å². The highest BCUT2D eigenvalue weighted by molar-refractivity contribution is 5.38. The van der Waals surface area contributed by atoms with Gasteiger partial charge in [0, 0.05) is 6.54 Å². The summed E-state index contributed by atoms with van der Waals surface area (Å²) in [4.78, 5) is 10.2. The van der Waals surface area contributed by atoms with Crippen molar-refractivity contribution in [2.24, 2.45) is 0 Å². The van der Waals surface area contributed by atoms with E-state index in [1.54, 1.807) is 19.2 Å². The lowest BCUT2D eigenvalue weighted by atomic mass is 10.1. The quantitative estimate of drug-likeness (QED) is 0.722. The normalized spacial score (nSPS) is 12.1. The van der Waals surface area contributed by atoms with Crippen LogP contribution in [0.2, 0.25) is 0 Å². The minimum Gasteiger partial charge on any atom is -0.458 e. The lowest BCUT2D eigenvalue weighted by Gasteiger charge is -2.14. The van der Waals surface area contributed by atoms with E-state index in [1.165, 1.54) is 12.1 Å². The second kappa shape index (κ2) is 5.34. The molecule has 0 saturated heterocycles. The van der Waals surface area contributed by atoms with Gasteiger partial charge in [0.15, 0.2) is 0 Å². The van der Waals surface area contributed by atoms with Gasteiger partial charge in [-0.15, -0.1) is 0 Å². The zero-order valence-corrected chi connectivity index (χ0v) is 7.87. The van der Waals surface area contributed by atoms with Gasteiger partial charge in [-0.2, -0.15) is 0 Å². The number of ether oxygens (including phenoxy) is 1. The smallest absolute Gasteiger partial charge is 0.293 e. The van der Waals surface area contributed by atoms with Crippen molar-refractivity contribution in [3.63, 3.8) is 0 Å². The predicted octanol–water partition coefficient (Wildman–Crippen LogP) is 1.26. The maximum Gasteiger partial charge on any atom is 0.293 e. The van der Waals surface area contributed by atoms with E-state index in [4.69, 9.17) is 4.74 Å². The molecule has 0 amide bonds. The highest BCUT2D eigenvalue weighted by Crippen LogP contribution is 2.15. The summed E-state index contributed by atoms with van der Waals surface area (Å²) in [5.74, 6) is -0.303. The molecule has 0 aliphatic heterocycles. The molecule has 76 valence electrons. The first-order valence-electron chi connectivity index (χ1n) is 4.27. The minimum atomic E-state index is -0.363. The third-order valence-corrected chi connectivity index (χ3v) is 1.85. The van der Waals surface area contributed by atoms with Crippen LogP contribution in [0.25, 0.3) is 0 Å². The fourth-order valence-electron chi connectivity index (χ4n) is 1.17. The Morgan fingerprint density at radius 1 is 1.50 bits per heavy atom. The molecule has 1 rings (SSSR count). The molecule has 1 aromatic rings. The van der Waals surface area contributed by atoms with Gasteiger partial charge in [0.25, 0.3) is 6.47 Å². The van der Waals surface area contributed by atoms with Crippen LogP contribution in [0, 0.1) is 5.82 Å². The Kier molecular flexibility index (Phi) is 4.07. The van der Waals surface area contributed by atoms with E-state index in [0.29, 0.717) is 13.0 Å². The van der Waals surface area contributed by atoms with Gasteiger partial charge in [-0.05, 0) is 24.7 Å². The summed E-state index contributed by atoms with van der Waals surface area (Å²) in [6, 6.07) is 5.87. The van der Waals surface area contributed by atoms with E-state index in [2.05, 4.69) is 5.32 Å². The Morgan fingerprint density at radius 3 is 2.64 bits per heavy atom. The number of rotatable bonds is 5. The Bertz CT molecular complexity index is 287. The number of hydrogen-bond donors (Lipinski definition) is 1. The molecule has 1 N–H and O–H groups in total. The predicted molar refractivity (Wildman–Crippen MR) is 50.2 cm³/mol. The maximum atomic E-state index is 12.6. The van der Waals surface area contributed by atoms with Crippen molar-refractivity contribution in [2.75, 3.05) is 13.6 Å². The van der Waals surface area contributed by atoms with Crippen LogP contribution < -0.4 is 5.32 Å². The Hall–Kier alpha value is -1.42. The largest absolute Gasteiger partial charge is 0.458 e. The van der Waals surface area contributed by atoms with Crippen molar-refractivity contribution < 1.29 is 13.9 Å². The zero-order chi connectivity index (χ0) is 10.4. The van der Waals surface area contributed by atoms with Crippen LogP contribution >= 0.6 is 0 Å². The molecule has 0 heterocycles. The van der Waals surface area contributed by atoms with E-state index in [1.807, 2.05) is 0 Å². The highest BCUT2D eigenvalue weighted by atomic mass is 19.1. The summed E-state index contributed by atoms with van der Waals surface area (Å²) in [7, 11) is 1.75. The molecule has 1 aromatic carbocycles. The molecule has 0 aliphatic rings. The first-order valence-corrected chi connectivity index (χ1v) is 4.27. The lowest BCUT2D eigenvalue weighted by Crippen LogP contribution is -2.19. The molecule has 4 heteroatoms. The second-order valence-electron chi connectivity index (χ2n) is 2.83. The molecule has 0 saturated carbocycles. The average Bonchev–Trinajstić information content (AvgIpc) is 2.19. The van der Waals surface area contributed by atoms with Gasteiger partial charge in [0.2, 0.25) is 0 Å². The molecule has 0 aliphatic carbocycles. The van der Waals surface area contributed by atoms with Gasteiger partial charge in [-0.1, -0.05) is 12.1 Å². The summed E-state index contributed by atoms with van der Waals surface area (Å²) in [5, 5.41) is 2.89. The minimum absolute atomic E-state index is 0.303. The fraction of sp³-hybridized carbons (Fsp3) is 0.300. The maximum absolute atomic E-state index is 12.6. The molecule has 0 spiro atoms. The monoisotopic (exact) mass is 197 g/mol.